The Morgan fingerprint density at radius 2 is 2.07 bits per heavy atom. The van der Waals surface area contributed by atoms with Gasteiger partial charge in [-0.15, -0.1) is 0 Å². The highest BCUT2D eigenvalue weighted by atomic mass is 19.3. The standard InChI is InChI=1S/C19H29F3N4O2/c1-3-23-19(25-14-7-9-26(10-8-14)11-12-27-2)24-13-15-16(20)5-4-6-17(15)28-18(21)22/h4-6,14,18H,3,7-13H2,1-2H3,(H2,23,24,25). The lowest BCUT2D eigenvalue weighted by molar-refractivity contribution is -0.0506. The van der Waals surface area contributed by atoms with E-state index in [1.54, 1.807) is 7.11 Å². The summed E-state index contributed by atoms with van der Waals surface area (Å²) in [7, 11) is 1.70. The predicted molar refractivity (Wildman–Crippen MR) is 102 cm³/mol. The normalized spacial score (nSPS) is 16.4. The average molecular weight is 402 g/mol. The van der Waals surface area contributed by atoms with Crippen LogP contribution in [0.5, 0.6) is 5.75 Å². The fraction of sp³-hybridized carbons (Fsp3) is 0.632. The summed E-state index contributed by atoms with van der Waals surface area (Å²) in [5.41, 5.74) is 0.00869. The van der Waals surface area contributed by atoms with Gasteiger partial charge in [-0.3, -0.25) is 0 Å². The molecular weight excluding hydrogens is 373 g/mol. The highest BCUT2D eigenvalue weighted by molar-refractivity contribution is 5.80. The molecule has 1 aliphatic heterocycles. The van der Waals surface area contributed by atoms with Gasteiger partial charge >= 0.3 is 6.61 Å². The number of rotatable bonds is 9. The lowest BCUT2D eigenvalue weighted by Gasteiger charge is -2.32. The molecule has 0 amide bonds. The van der Waals surface area contributed by atoms with Crippen LogP contribution in [0.15, 0.2) is 23.2 Å². The van der Waals surface area contributed by atoms with Gasteiger partial charge in [0.25, 0.3) is 0 Å². The SMILES string of the molecule is CCNC(=NCc1c(F)cccc1OC(F)F)NC1CCN(CCOC)CC1. The lowest BCUT2D eigenvalue weighted by atomic mass is 10.1. The third-order valence-corrected chi connectivity index (χ3v) is 4.57. The molecule has 0 atom stereocenters. The molecule has 9 heteroatoms. The van der Waals surface area contributed by atoms with Gasteiger partial charge in [0.15, 0.2) is 5.96 Å². The van der Waals surface area contributed by atoms with E-state index in [0.717, 1.165) is 32.5 Å². The second-order valence-corrected chi connectivity index (χ2v) is 6.54. The molecule has 1 aromatic rings. The Balaban J connectivity index is 1.98. The first-order chi connectivity index (χ1) is 13.5. The van der Waals surface area contributed by atoms with E-state index in [-0.39, 0.29) is 23.9 Å². The quantitative estimate of drug-likeness (QED) is 0.491. The zero-order chi connectivity index (χ0) is 20.4. The first-order valence-electron chi connectivity index (χ1n) is 9.51. The van der Waals surface area contributed by atoms with Gasteiger partial charge in [0.2, 0.25) is 0 Å². The minimum atomic E-state index is -3.01. The number of likely N-dealkylation sites (tertiary alicyclic amines) is 1. The largest absolute Gasteiger partial charge is 0.434 e. The van der Waals surface area contributed by atoms with Crippen LogP contribution in [0.4, 0.5) is 13.2 Å². The third-order valence-electron chi connectivity index (χ3n) is 4.57. The van der Waals surface area contributed by atoms with Crippen LogP contribution in [0.25, 0.3) is 0 Å². The monoisotopic (exact) mass is 402 g/mol. The molecule has 1 fully saturated rings. The summed E-state index contributed by atoms with van der Waals surface area (Å²) < 4.78 is 48.7. The van der Waals surface area contributed by atoms with Gasteiger partial charge in [-0.25, -0.2) is 9.38 Å². The molecule has 0 saturated carbocycles. The van der Waals surface area contributed by atoms with Crippen LogP contribution in [0.1, 0.15) is 25.3 Å². The van der Waals surface area contributed by atoms with E-state index in [1.165, 1.54) is 18.2 Å². The number of guanidine groups is 1. The number of halogens is 3. The van der Waals surface area contributed by atoms with Crippen molar-refractivity contribution in [2.75, 3.05) is 39.9 Å². The number of nitrogens with zero attached hydrogens (tertiary/aromatic N) is 2. The molecule has 1 aliphatic rings. The first-order valence-corrected chi connectivity index (χ1v) is 9.51. The summed E-state index contributed by atoms with van der Waals surface area (Å²) >= 11 is 0. The molecule has 2 rings (SSSR count). The summed E-state index contributed by atoms with van der Waals surface area (Å²) in [5, 5.41) is 6.47. The van der Waals surface area contributed by atoms with Gasteiger partial charge in [-0.05, 0) is 31.9 Å². The molecule has 0 bridgehead atoms. The van der Waals surface area contributed by atoms with Crippen LogP contribution in [0.2, 0.25) is 0 Å². The highest BCUT2D eigenvalue weighted by Gasteiger charge is 2.20. The van der Waals surface area contributed by atoms with Crippen LogP contribution in [-0.4, -0.2) is 63.4 Å². The topological polar surface area (TPSA) is 58.1 Å². The zero-order valence-corrected chi connectivity index (χ0v) is 16.4. The van der Waals surface area contributed by atoms with E-state index < -0.39 is 12.4 Å². The van der Waals surface area contributed by atoms with Crippen LogP contribution in [0.3, 0.4) is 0 Å². The van der Waals surface area contributed by atoms with E-state index in [0.29, 0.717) is 19.1 Å². The smallest absolute Gasteiger partial charge is 0.387 e. The molecule has 28 heavy (non-hydrogen) atoms. The summed E-state index contributed by atoms with van der Waals surface area (Å²) in [6.45, 7) is 3.00. The van der Waals surface area contributed by atoms with Crippen molar-refractivity contribution in [1.29, 1.82) is 0 Å². The Morgan fingerprint density at radius 1 is 1.32 bits per heavy atom. The van der Waals surface area contributed by atoms with Gasteiger partial charge in [-0.2, -0.15) is 8.78 Å². The molecule has 1 heterocycles. The number of aliphatic imine (C=N–C) groups is 1. The second-order valence-electron chi connectivity index (χ2n) is 6.54. The minimum absolute atomic E-state index is 0.00869. The minimum Gasteiger partial charge on any atom is -0.434 e. The van der Waals surface area contributed by atoms with E-state index >= 15 is 0 Å². The molecule has 158 valence electrons. The number of hydrogen-bond acceptors (Lipinski definition) is 4. The van der Waals surface area contributed by atoms with E-state index in [2.05, 4.69) is 25.3 Å². The zero-order valence-electron chi connectivity index (χ0n) is 16.4. The van der Waals surface area contributed by atoms with Crippen molar-refractivity contribution in [3.63, 3.8) is 0 Å². The van der Waals surface area contributed by atoms with E-state index in [1.807, 2.05) is 6.92 Å². The van der Waals surface area contributed by atoms with Crippen molar-refractivity contribution >= 4 is 5.96 Å². The summed E-state index contributed by atoms with van der Waals surface area (Å²) in [6, 6.07) is 4.10. The Labute approximate surface area is 164 Å². The van der Waals surface area contributed by atoms with Gasteiger partial charge in [0.1, 0.15) is 11.6 Å². The van der Waals surface area contributed by atoms with Crippen LogP contribution < -0.4 is 15.4 Å². The fourth-order valence-electron chi connectivity index (χ4n) is 3.09. The number of nitrogens with one attached hydrogen (secondary N) is 2. The van der Waals surface area contributed by atoms with Gasteiger partial charge in [-0.1, -0.05) is 6.07 Å². The number of ether oxygens (including phenoxy) is 2. The summed E-state index contributed by atoms with van der Waals surface area (Å²) in [4.78, 5) is 6.72. The molecular formula is C19H29F3N4O2. The molecule has 2 N–H and O–H groups in total. The number of alkyl halides is 2. The molecule has 0 radical (unpaired) electrons. The summed E-state index contributed by atoms with van der Waals surface area (Å²) in [6.07, 6.45) is 1.90. The predicted octanol–water partition coefficient (Wildman–Crippen LogP) is 2.59. The van der Waals surface area contributed by atoms with Gasteiger partial charge in [0, 0.05) is 39.3 Å². The van der Waals surface area contributed by atoms with Crippen molar-refractivity contribution in [2.45, 2.75) is 39.0 Å². The van der Waals surface area contributed by atoms with Crippen molar-refractivity contribution < 1.29 is 22.6 Å². The molecule has 0 spiro atoms. The Bertz CT molecular complexity index is 623. The molecule has 6 nitrogen and oxygen atoms in total. The lowest BCUT2D eigenvalue weighted by Crippen LogP contribution is -2.49. The van der Waals surface area contributed by atoms with Crippen molar-refractivity contribution in [3.05, 3.63) is 29.6 Å². The fourth-order valence-corrected chi connectivity index (χ4v) is 3.09. The van der Waals surface area contributed by atoms with Crippen LogP contribution in [0, 0.1) is 5.82 Å². The first kappa shape index (κ1) is 22.3. The molecule has 1 saturated heterocycles. The molecule has 0 aromatic heterocycles. The van der Waals surface area contributed by atoms with Crippen LogP contribution in [-0.2, 0) is 11.3 Å². The number of piperidine rings is 1. The maximum atomic E-state index is 14.1. The second kappa shape index (κ2) is 11.8. The number of benzene rings is 1. The van der Waals surface area contributed by atoms with Gasteiger partial charge in [0.05, 0.1) is 18.7 Å². The Morgan fingerprint density at radius 3 is 2.71 bits per heavy atom. The average Bonchev–Trinajstić information content (AvgIpc) is 2.66. The van der Waals surface area contributed by atoms with Crippen molar-refractivity contribution in [2.24, 2.45) is 4.99 Å². The number of methoxy groups -OCH3 is 1. The van der Waals surface area contributed by atoms with E-state index in [9.17, 15) is 13.2 Å². The maximum absolute atomic E-state index is 14.1. The van der Waals surface area contributed by atoms with Crippen molar-refractivity contribution in [3.8, 4) is 5.75 Å². The maximum Gasteiger partial charge on any atom is 0.387 e. The summed E-state index contributed by atoms with van der Waals surface area (Å²) in [5.74, 6) is -0.283. The van der Waals surface area contributed by atoms with Crippen molar-refractivity contribution in [1.82, 2.24) is 15.5 Å². The van der Waals surface area contributed by atoms with E-state index in [4.69, 9.17) is 4.74 Å². The number of hydrogen-bond donors (Lipinski definition) is 2. The van der Waals surface area contributed by atoms with Crippen LogP contribution >= 0.6 is 0 Å². The molecule has 0 aliphatic carbocycles. The Kier molecular flexibility index (Phi) is 9.36. The molecule has 1 aromatic carbocycles. The third kappa shape index (κ3) is 7.20. The Hall–Kier alpha value is -2.00. The molecule has 0 unspecified atom stereocenters. The van der Waals surface area contributed by atoms with Gasteiger partial charge < -0.3 is 25.0 Å². The highest BCUT2D eigenvalue weighted by Crippen LogP contribution is 2.24.